The van der Waals surface area contributed by atoms with Gasteiger partial charge >= 0.3 is 0 Å². The van der Waals surface area contributed by atoms with Gasteiger partial charge in [0, 0.05) is 15.7 Å². The van der Waals surface area contributed by atoms with E-state index in [2.05, 4.69) is 21.2 Å². The lowest BCUT2D eigenvalue weighted by Crippen LogP contribution is -2.12. The molecule has 2 aromatic carbocycles. The summed E-state index contributed by atoms with van der Waals surface area (Å²) in [6, 6.07) is 14.3. The quantitative estimate of drug-likeness (QED) is 0.834. The van der Waals surface area contributed by atoms with Crippen molar-refractivity contribution in [3.8, 4) is 0 Å². The number of nitrogens with one attached hydrogen (secondary N) is 1. The average Bonchev–Trinajstić information content (AvgIpc) is 2.34. The lowest BCUT2D eigenvalue weighted by atomic mass is 10.2. The van der Waals surface area contributed by atoms with Crippen molar-refractivity contribution < 1.29 is 4.79 Å². The van der Waals surface area contributed by atoms with E-state index in [1.807, 2.05) is 18.2 Å². The molecule has 1 amide bonds. The van der Waals surface area contributed by atoms with Crippen LogP contribution in [0.5, 0.6) is 0 Å². The second kappa shape index (κ2) is 5.01. The highest BCUT2D eigenvalue weighted by molar-refractivity contribution is 9.10. The lowest BCUT2D eigenvalue weighted by Gasteiger charge is -2.07. The Morgan fingerprint density at radius 1 is 1.12 bits per heavy atom. The van der Waals surface area contributed by atoms with E-state index in [0.717, 1.165) is 4.47 Å². The zero-order valence-electron chi connectivity index (χ0n) is 8.98. The minimum Gasteiger partial charge on any atom is -0.399 e. The Hall–Kier alpha value is -1.81. The summed E-state index contributed by atoms with van der Waals surface area (Å²) in [5.41, 5.74) is 7.60. The molecule has 17 heavy (non-hydrogen) atoms. The zero-order valence-corrected chi connectivity index (χ0v) is 10.6. The third kappa shape index (κ3) is 2.85. The molecule has 0 heterocycles. The van der Waals surface area contributed by atoms with Crippen molar-refractivity contribution in [1.82, 2.24) is 0 Å². The number of rotatable bonds is 2. The van der Waals surface area contributed by atoms with Crippen molar-refractivity contribution in [2.75, 3.05) is 11.1 Å². The molecule has 2 rings (SSSR count). The van der Waals surface area contributed by atoms with Crippen LogP contribution < -0.4 is 11.1 Å². The molecule has 0 aliphatic carbocycles. The van der Waals surface area contributed by atoms with Crippen LogP contribution in [-0.4, -0.2) is 5.91 Å². The number of carbonyl (C=O) groups is 1. The van der Waals surface area contributed by atoms with Gasteiger partial charge in [-0.25, -0.2) is 0 Å². The molecule has 0 spiro atoms. The first-order valence-corrected chi connectivity index (χ1v) is 5.87. The van der Waals surface area contributed by atoms with Crippen LogP contribution in [-0.2, 0) is 0 Å². The van der Waals surface area contributed by atoms with Gasteiger partial charge in [-0.15, -0.1) is 0 Å². The fourth-order valence-corrected chi connectivity index (χ4v) is 1.91. The molecule has 0 saturated heterocycles. The minimum atomic E-state index is -0.143. The van der Waals surface area contributed by atoms with Gasteiger partial charge in [0.1, 0.15) is 0 Å². The highest BCUT2D eigenvalue weighted by Gasteiger charge is 2.07. The number of halogens is 1. The van der Waals surface area contributed by atoms with Gasteiger partial charge in [0.2, 0.25) is 0 Å². The van der Waals surface area contributed by atoms with Crippen LogP contribution in [0.25, 0.3) is 0 Å². The van der Waals surface area contributed by atoms with Gasteiger partial charge in [0.05, 0.1) is 5.69 Å². The van der Waals surface area contributed by atoms with E-state index in [-0.39, 0.29) is 5.91 Å². The molecule has 0 fully saturated rings. The van der Waals surface area contributed by atoms with Crippen LogP contribution in [0.1, 0.15) is 10.4 Å². The van der Waals surface area contributed by atoms with Gasteiger partial charge in [0.15, 0.2) is 0 Å². The number of amides is 1. The Labute approximate surface area is 108 Å². The van der Waals surface area contributed by atoms with Crippen LogP contribution >= 0.6 is 15.9 Å². The Kier molecular flexibility index (Phi) is 3.44. The number of benzene rings is 2. The summed E-state index contributed by atoms with van der Waals surface area (Å²) in [6.07, 6.45) is 0. The van der Waals surface area contributed by atoms with Crippen LogP contribution in [0.3, 0.4) is 0 Å². The monoisotopic (exact) mass is 290 g/mol. The first-order chi connectivity index (χ1) is 8.16. The predicted octanol–water partition coefficient (Wildman–Crippen LogP) is 3.28. The van der Waals surface area contributed by atoms with Gasteiger partial charge in [-0.2, -0.15) is 0 Å². The van der Waals surface area contributed by atoms with E-state index >= 15 is 0 Å². The maximum atomic E-state index is 11.9. The van der Waals surface area contributed by atoms with Crippen molar-refractivity contribution in [3.05, 3.63) is 58.6 Å². The van der Waals surface area contributed by atoms with Gasteiger partial charge in [0.25, 0.3) is 5.91 Å². The van der Waals surface area contributed by atoms with Crippen molar-refractivity contribution >= 4 is 33.2 Å². The number of nitrogens with two attached hydrogens (primary N) is 1. The van der Waals surface area contributed by atoms with Crippen LogP contribution in [0, 0.1) is 0 Å². The maximum absolute atomic E-state index is 11.9. The third-order valence-electron chi connectivity index (χ3n) is 2.28. The van der Waals surface area contributed by atoms with Crippen LogP contribution in [0.4, 0.5) is 11.4 Å². The second-order valence-electron chi connectivity index (χ2n) is 3.56. The highest BCUT2D eigenvalue weighted by Crippen LogP contribution is 2.25. The summed E-state index contributed by atoms with van der Waals surface area (Å²) < 4.78 is 0.766. The predicted molar refractivity (Wildman–Crippen MR) is 72.9 cm³/mol. The summed E-state index contributed by atoms with van der Waals surface area (Å²) in [5, 5.41) is 2.81. The summed E-state index contributed by atoms with van der Waals surface area (Å²) in [4.78, 5) is 11.9. The molecule has 0 saturated carbocycles. The first-order valence-electron chi connectivity index (χ1n) is 5.08. The van der Waals surface area contributed by atoms with E-state index in [1.165, 1.54) is 0 Å². The average molecular weight is 291 g/mol. The molecular weight excluding hydrogens is 280 g/mol. The smallest absolute Gasteiger partial charge is 0.255 e. The summed E-state index contributed by atoms with van der Waals surface area (Å²) in [7, 11) is 0. The topological polar surface area (TPSA) is 55.1 Å². The molecule has 0 aromatic heterocycles. The zero-order chi connectivity index (χ0) is 12.3. The summed E-state index contributed by atoms with van der Waals surface area (Å²) in [5.74, 6) is -0.143. The van der Waals surface area contributed by atoms with Crippen LogP contribution in [0.15, 0.2) is 53.0 Å². The van der Waals surface area contributed by atoms with Crippen molar-refractivity contribution in [3.63, 3.8) is 0 Å². The second-order valence-corrected chi connectivity index (χ2v) is 4.41. The summed E-state index contributed by atoms with van der Waals surface area (Å²) in [6.45, 7) is 0. The standard InChI is InChI=1S/C13H11BrN2O/c14-11-8-10(15)6-7-12(11)16-13(17)9-4-2-1-3-5-9/h1-8H,15H2,(H,16,17). The van der Waals surface area contributed by atoms with E-state index < -0.39 is 0 Å². The van der Waals surface area contributed by atoms with Crippen molar-refractivity contribution in [1.29, 1.82) is 0 Å². The molecule has 2 aromatic rings. The largest absolute Gasteiger partial charge is 0.399 e. The Morgan fingerprint density at radius 3 is 2.47 bits per heavy atom. The normalized spacial score (nSPS) is 9.94. The Balaban J connectivity index is 2.19. The first kappa shape index (κ1) is 11.7. The fraction of sp³-hybridized carbons (Fsp3) is 0. The van der Waals surface area contributed by atoms with E-state index in [9.17, 15) is 4.79 Å². The number of hydrogen-bond acceptors (Lipinski definition) is 2. The van der Waals surface area contributed by atoms with Crippen molar-refractivity contribution in [2.24, 2.45) is 0 Å². The molecule has 3 N–H and O–H groups in total. The molecule has 86 valence electrons. The molecule has 0 radical (unpaired) electrons. The molecule has 0 atom stereocenters. The molecule has 0 unspecified atom stereocenters. The number of hydrogen-bond donors (Lipinski definition) is 2. The van der Waals surface area contributed by atoms with E-state index in [4.69, 9.17) is 5.73 Å². The fourth-order valence-electron chi connectivity index (χ4n) is 1.42. The van der Waals surface area contributed by atoms with Crippen LogP contribution in [0.2, 0.25) is 0 Å². The molecule has 0 aliphatic heterocycles. The van der Waals surface area contributed by atoms with Gasteiger partial charge < -0.3 is 11.1 Å². The van der Waals surface area contributed by atoms with E-state index in [1.54, 1.807) is 30.3 Å². The minimum absolute atomic E-state index is 0.143. The maximum Gasteiger partial charge on any atom is 0.255 e. The van der Waals surface area contributed by atoms with Gasteiger partial charge in [-0.1, -0.05) is 18.2 Å². The van der Waals surface area contributed by atoms with Crippen molar-refractivity contribution in [2.45, 2.75) is 0 Å². The number of nitrogen functional groups attached to an aromatic ring is 1. The Bertz CT molecular complexity index is 540. The lowest BCUT2D eigenvalue weighted by molar-refractivity contribution is 0.102. The summed E-state index contributed by atoms with van der Waals surface area (Å²) >= 11 is 3.35. The Morgan fingerprint density at radius 2 is 1.82 bits per heavy atom. The molecule has 0 aliphatic rings. The molecule has 0 bridgehead atoms. The SMILES string of the molecule is Nc1ccc(NC(=O)c2ccccc2)c(Br)c1. The van der Waals surface area contributed by atoms with Gasteiger partial charge in [-0.3, -0.25) is 4.79 Å². The third-order valence-corrected chi connectivity index (χ3v) is 2.93. The molecule has 4 heteroatoms. The molecule has 3 nitrogen and oxygen atoms in total. The van der Waals surface area contributed by atoms with E-state index in [0.29, 0.717) is 16.9 Å². The number of anilines is 2. The van der Waals surface area contributed by atoms with Gasteiger partial charge in [-0.05, 0) is 46.3 Å². The number of carbonyl (C=O) groups excluding carboxylic acids is 1. The highest BCUT2D eigenvalue weighted by atomic mass is 79.9. The molecular formula is C13H11BrN2O.